The van der Waals surface area contributed by atoms with Crippen LogP contribution in [-0.4, -0.2) is 18.9 Å². The molecular weight excluding hydrogens is 344 g/mol. The molecule has 0 radical (unpaired) electrons. The summed E-state index contributed by atoms with van der Waals surface area (Å²) in [5.41, 5.74) is 2.78. The number of carbonyl (C=O) groups excluding carboxylic acids is 2. The van der Waals surface area contributed by atoms with Crippen molar-refractivity contribution in [1.29, 1.82) is 0 Å². The van der Waals surface area contributed by atoms with Gasteiger partial charge in [0.1, 0.15) is 0 Å². The lowest BCUT2D eigenvalue weighted by Gasteiger charge is -2.33. The molecule has 0 spiro atoms. The van der Waals surface area contributed by atoms with Crippen LogP contribution in [0.5, 0.6) is 0 Å². The number of carbonyl (C=O) groups is 2. The molecule has 2 amide bonds. The van der Waals surface area contributed by atoms with Crippen molar-refractivity contribution in [2.75, 3.05) is 12.4 Å². The van der Waals surface area contributed by atoms with Gasteiger partial charge in [-0.2, -0.15) is 0 Å². The molecule has 0 fully saturated rings. The summed E-state index contributed by atoms with van der Waals surface area (Å²) in [6, 6.07) is 9.04. The highest BCUT2D eigenvalue weighted by atomic mass is 32.1. The average molecular weight is 371 g/mol. The minimum absolute atomic E-state index is 0.106. The lowest BCUT2D eigenvalue weighted by atomic mass is 9.72. The fourth-order valence-electron chi connectivity index (χ4n) is 3.45. The Labute approximate surface area is 159 Å². The minimum atomic E-state index is -0.166. The fourth-order valence-corrected chi connectivity index (χ4v) is 4.55. The van der Waals surface area contributed by atoms with Gasteiger partial charge in [0, 0.05) is 23.2 Å². The maximum Gasteiger partial charge on any atom is 0.265 e. The van der Waals surface area contributed by atoms with Gasteiger partial charge in [-0.05, 0) is 60.4 Å². The quantitative estimate of drug-likeness (QED) is 0.835. The van der Waals surface area contributed by atoms with Gasteiger partial charge in [-0.3, -0.25) is 9.59 Å². The van der Waals surface area contributed by atoms with Crippen LogP contribution in [-0.2, 0) is 12.8 Å². The molecule has 5 heteroatoms. The highest BCUT2D eigenvalue weighted by Crippen LogP contribution is 2.40. The van der Waals surface area contributed by atoms with Crippen LogP contribution in [0, 0.1) is 11.3 Å². The molecule has 1 aliphatic rings. The van der Waals surface area contributed by atoms with E-state index in [4.69, 9.17) is 0 Å². The van der Waals surface area contributed by atoms with Gasteiger partial charge in [-0.1, -0.05) is 26.8 Å². The van der Waals surface area contributed by atoms with Crippen LogP contribution in [0.3, 0.4) is 0 Å². The number of fused-ring (bicyclic) bond motifs is 1. The number of thiophene rings is 1. The Morgan fingerprint density at radius 3 is 2.62 bits per heavy atom. The van der Waals surface area contributed by atoms with E-state index in [1.165, 1.54) is 16.9 Å². The first-order valence-electron chi connectivity index (χ1n) is 9.03. The van der Waals surface area contributed by atoms with Gasteiger partial charge in [0.25, 0.3) is 11.8 Å². The molecule has 2 aromatic rings. The summed E-state index contributed by atoms with van der Waals surface area (Å²) in [7, 11) is 1.59. The van der Waals surface area contributed by atoms with Crippen molar-refractivity contribution in [3.05, 3.63) is 51.2 Å². The summed E-state index contributed by atoms with van der Waals surface area (Å²) in [5, 5.41) is 5.51. The number of hydrogen-bond acceptors (Lipinski definition) is 3. The Kier molecular flexibility index (Phi) is 5.19. The van der Waals surface area contributed by atoms with Gasteiger partial charge in [0.15, 0.2) is 0 Å². The third kappa shape index (κ3) is 3.98. The minimum Gasteiger partial charge on any atom is -0.355 e. The van der Waals surface area contributed by atoms with E-state index in [2.05, 4.69) is 37.5 Å². The lowest BCUT2D eigenvalue weighted by molar-refractivity contribution is 0.0961. The third-order valence-corrected chi connectivity index (χ3v) is 6.38. The SMILES string of the molecule is CNC(=O)c1cccc(NC(=O)c2cc3c(s2)CCC(C(C)(C)C)C3)c1. The van der Waals surface area contributed by atoms with E-state index in [0.717, 1.165) is 17.7 Å². The Morgan fingerprint density at radius 1 is 1.15 bits per heavy atom. The maximum absolute atomic E-state index is 12.7. The van der Waals surface area contributed by atoms with Gasteiger partial charge < -0.3 is 10.6 Å². The first-order valence-corrected chi connectivity index (χ1v) is 9.84. The monoisotopic (exact) mass is 370 g/mol. The van der Waals surface area contributed by atoms with Crippen molar-refractivity contribution in [2.24, 2.45) is 11.3 Å². The maximum atomic E-state index is 12.7. The summed E-state index contributed by atoms with van der Waals surface area (Å²) in [4.78, 5) is 26.5. The van der Waals surface area contributed by atoms with E-state index in [0.29, 0.717) is 22.6 Å². The number of nitrogens with one attached hydrogen (secondary N) is 2. The van der Waals surface area contributed by atoms with E-state index < -0.39 is 0 Å². The van der Waals surface area contributed by atoms with Crippen LogP contribution in [0.1, 0.15) is 57.7 Å². The predicted octanol–water partition coefficient (Wildman–Crippen LogP) is 4.51. The zero-order chi connectivity index (χ0) is 18.9. The van der Waals surface area contributed by atoms with Crippen LogP contribution in [0.2, 0.25) is 0 Å². The van der Waals surface area contributed by atoms with E-state index in [1.807, 2.05) is 0 Å². The molecule has 3 rings (SSSR count). The van der Waals surface area contributed by atoms with Gasteiger partial charge in [0.2, 0.25) is 0 Å². The number of benzene rings is 1. The average Bonchev–Trinajstić information content (AvgIpc) is 3.04. The second-order valence-corrected chi connectivity index (χ2v) is 9.12. The molecule has 4 nitrogen and oxygen atoms in total. The molecule has 1 aromatic heterocycles. The van der Waals surface area contributed by atoms with E-state index in [1.54, 1.807) is 42.6 Å². The Hall–Kier alpha value is -2.14. The highest BCUT2D eigenvalue weighted by Gasteiger charge is 2.30. The predicted molar refractivity (Wildman–Crippen MR) is 107 cm³/mol. The van der Waals surface area contributed by atoms with E-state index in [9.17, 15) is 9.59 Å². The second-order valence-electron chi connectivity index (χ2n) is 7.98. The molecule has 1 heterocycles. The molecule has 0 aliphatic heterocycles. The highest BCUT2D eigenvalue weighted by molar-refractivity contribution is 7.14. The van der Waals surface area contributed by atoms with Gasteiger partial charge in [0.05, 0.1) is 4.88 Å². The van der Waals surface area contributed by atoms with Crippen LogP contribution in [0.15, 0.2) is 30.3 Å². The van der Waals surface area contributed by atoms with Crippen molar-refractivity contribution in [3.63, 3.8) is 0 Å². The third-order valence-electron chi connectivity index (χ3n) is 5.14. The molecule has 138 valence electrons. The first kappa shape index (κ1) is 18.6. The first-order chi connectivity index (χ1) is 12.3. The smallest absolute Gasteiger partial charge is 0.265 e. The fraction of sp³-hybridized carbons (Fsp3) is 0.429. The summed E-state index contributed by atoms with van der Waals surface area (Å²) in [6.07, 6.45) is 3.29. The van der Waals surface area contributed by atoms with E-state index >= 15 is 0 Å². The number of aryl methyl sites for hydroxylation is 1. The topological polar surface area (TPSA) is 58.2 Å². The second kappa shape index (κ2) is 7.23. The number of amides is 2. The Balaban J connectivity index is 1.74. The van der Waals surface area contributed by atoms with Gasteiger partial charge >= 0.3 is 0 Å². The van der Waals surface area contributed by atoms with E-state index in [-0.39, 0.29) is 11.8 Å². The molecule has 1 aliphatic carbocycles. The number of hydrogen-bond donors (Lipinski definition) is 2. The Morgan fingerprint density at radius 2 is 1.92 bits per heavy atom. The molecular formula is C21H26N2O2S. The van der Waals surface area contributed by atoms with Crippen LogP contribution in [0.25, 0.3) is 0 Å². The normalized spacial score (nSPS) is 16.7. The molecule has 1 aromatic carbocycles. The summed E-state index contributed by atoms with van der Waals surface area (Å²) >= 11 is 1.60. The molecule has 0 saturated heterocycles. The van der Waals surface area contributed by atoms with Crippen molar-refractivity contribution in [1.82, 2.24) is 5.32 Å². The zero-order valence-corrected chi connectivity index (χ0v) is 16.6. The number of rotatable bonds is 3. The van der Waals surface area contributed by atoms with Gasteiger partial charge in [-0.25, -0.2) is 0 Å². The number of anilines is 1. The Bertz CT molecular complexity index is 833. The molecule has 26 heavy (non-hydrogen) atoms. The molecule has 1 unspecified atom stereocenters. The molecule has 2 N–H and O–H groups in total. The summed E-state index contributed by atoms with van der Waals surface area (Å²) in [5.74, 6) is 0.386. The van der Waals surface area contributed by atoms with Crippen molar-refractivity contribution >= 4 is 28.8 Å². The van der Waals surface area contributed by atoms with Crippen molar-refractivity contribution in [2.45, 2.75) is 40.0 Å². The van der Waals surface area contributed by atoms with Crippen LogP contribution >= 0.6 is 11.3 Å². The molecule has 0 bridgehead atoms. The zero-order valence-electron chi connectivity index (χ0n) is 15.8. The van der Waals surface area contributed by atoms with Gasteiger partial charge in [-0.15, -0.1) is 11.3 Å². The summed E-state index contributed by atoms with van der Waals surface area (Å²) in [6.45, 7) is 6.88. The standard InChI is InChI=1S/C21H26N2O2S/c1-21(2,3)15-8-9-17-14(10-15)12-18(26-17)20(25)23-16-7-5-6-13(11-16)19(24)22-4/h5-7,11-12,15H,8-10H2,1-4H3,(H,22,24)(H,23,25). The largest absolute Gasteiger partial charge is 0.355 e. The van der Waals surface area contributed by atoms with Crippen molar-refractivity contribution in [3.8, 4) is 0 Å². The van der Waals surface area contributed by atoms with Crippen LogP contribution in [0.4, 0.5) is 5.69 Å². The summed E-state index contributed by atoms with van der Waals surface area (Å²) < 4.78 is 0. The lowest BCUT2D eigenvalue weighted by Crippen LogP contribution is -2.26. The molecule has 0 saturated carbocycles. The van der Waals surface area contributed by atoms with Crippen molar-refractivity contribution < 1.29 is 9.59 Å². The molecule has 1 atom stereocenters. The van der Waals surface area contributed by atoms with Crippen LogP contribution < -0.4 is 10.6 Å².